The minimum Gasteiger partial charge on any atom is -0.462 e. The Kier molecular flexibility index (Phi) is 37.0. The van der Waals surface area contributed by atoms with Crippen LogP contribution in [0.3, 0.4) is 0 Å². The molecule has 0 saturated heterocycles. The number of hydrogen-bond donors (Lipinski definition) is 2. The Morgan fingerprint density at radius 2 is 1.17 bits per heavy atom. The topological polar surface area (TPSA) is 129 Å². The van der Waals surface area contributed by atoms with Crippen molar-refractivity contribution in [1.82, 2.24) is 0 Å². The van der Waals surface area contributed by atoms with Gasteiger partial charge in [-0.05, 0) is 77.0 Å². The molecule has 2 unspecified atom stereocenters. The van der Waals surface area contributed by atoms with Crippen LogP contribution >= 0.6 is 7.82 Å². The van der Waals surface area contributed by atoms with E-state index in [0.717, 1.165) is 77.0 Å². The van der Waals surface area contributed by atoms with Gasteiger partial charge in [0.05, 0.1) is 33.9 Å². The van der Waals surface area contributed by atoms with E-state index in [-0.39, 0.29) is 32.5 Å². The number of esters is 2. The number of allylic oxidation sites excluding steroid dienone is 15. The largest absolute Gasteiger partial charge is 0.472 e. The maximum absolute atomic E-state index is 12.7. The molecule has 0 aliphatic carbocycles. The zero-order chi connectivity index (χ0) is 43.7. The van der Waals surface area contributed by atoms with Gasteiger partial charge in [0.2, 0.25) is 0 Å². The van der Waals surface area contributed by atoms with Crippen LogP contribution in [0.5, 0.6) is 0 Å². The molecule has 0 aliphatic rings. The van der Waals surface area contributed by atoms with Crippen LogP contribution < -0.4 is 0 Å². The van der Waals surface area contributed by atoms with Crippen LogP contribution in [0.1, 0.15) is 136 Å². The average Bonchev–Trinajstić information content (AvgIpc) is 3.18. The SMILES string of the molecule is CC/C=C\C/C=C\C/C=C\C/C=C\C/C=C\C=C/C(O)CCC(=O)OC[C@H](COP(=O)(O)OCC[N+](C)(C)C)OC(=O)CCCCCCC/C=C\C/C=C\CCCCC. The van der Waals surface area contributed by atoms with Crippen LogP contribution in [0.25, 0.3) is 0 Å². The van der Waals surface area contributed by atoms with Crippen molar-refractivity contribution in [1.29, 1.82) is 0 Å². The molecule has 0 radical (unpaired) electrons. The quantitative estimate of drug-likeness (QED) is 0.0156. The van der Waals surface area contributed by atoms with Gasteiger partial charge in [-0.15, -0.1) is 0 Å². The summed E-state index contributed by atoms with van der Waals surface area (Å²) in [6.07, 6.45) is 47.9. The predicted octanol–water partition coefficient (Wildman–Crippen LogP) is 11.5. The molecule has 0 bridgehead atoms. The second-order valence-corrected chi connectivity index (χ2v) is 17.0. The van der Waals surface area contributed by atoms with Crippen LogP contribution in [0.4, 0.5) is 0 Å². The van der Waals surface area contributed by atoms with Gasteiger partial charge in [0, 0.05) is 12.8 Å². The highest BCUT2D eigenvalue weighted by Crippen LogP contribution is 2.43. The molecule has 0 aromatic rings. The van der Waals surface area contributed by atoms with Crippen LogP contribution in [0, 0.1) is 0 Å². The zero-order valence-electron chi connectivity index (χ0n) is 37.3. The number of carbonyl (C=O) groups excluding carboxylic acids is 2. The average molecular weight is 847 g/mol. The maximum Gasteiger partial charge on any atom is 0.472 e. The van der Waals surface area contributed by atoms with Crippen molar-refractivity contribution < 1.29 is 47.2 Å². The lowest BCUT2D eigenvalue weighted by Crippen LogP contribution is -2.37. The molecule has 0 saturated carbocycles. The number of aliphatic hydroxyl groups is 1. The highest BCUT2D eigenvalue weighted by atomic mass is 31.2. The van der Waals surface area contributed by atoms with E-state index < -0.39 is 38.6 Å². The normalized spacial score (nSPS) is 15.0. The number of unbranched alkanes of at least 4 members (excludes halogenated alkanes) is 8. The van der Waals surface area contributed by atoms with Crippen molar-refractivity contribution in [3.8, 4) is 0 Å². The number of phosphoric ester groups is 1. The Morgan fingerprint density at radius 1 is 0.627 bits per heavy atom. The number of carbonyl (C=O) groups is 2. The molecule has 0 aromatic carbocycles. The molecule has 59 heavy (non-hydrogen) atoms. The molecule has 2 N–H and O–H groups in total. The molecular weight excluding hydrogens is 765 g/mol. The van der Waals surface area contributed by atoms with E-state index in [0.29, 0.717) is 17.4 Å². The number of nitrogens with zero attached hydrogens (tertiary/aromatic N) is 1. The van der Waals surface area contributed by atoms with Crippen molar-refractivity contribution >= 4 is 19.8 Å². The highest BCUT2D eigenvalue weighted by Gasteiger charge is 2.27. The first kappa shape index (κ1) is 55.9. The molecule has 0 heterocycles. The van der Waals surface area contributed by atoms with E-state index in [1.807, 2.05) is 33.3 Å². The molecule has 336 valence electrons. The summed E-state index contributed by atoms with van der Waals surface area (Å²) in [4.78, 5) is 35.4. The van der Waals surface area contributed by atoms with E-state index in [9.17, 15) is 24.2 Å². The maximum atomic E-state index is 12.7. The minimum absolute atomic E-state index is 0.0125. The van der Waals surface area contributed by atoms with Gasteiger partial charge < -0.3 is 24.0 Å². The standard InChI is InChI=1S/C48H80NO9P/c1-6-8-10-12-14-16-18-20-22-24-25-27-29-31-33-35-37-45(50)39-40-47(51)55-43-46(44-57-59(53,54)56-42-41-49(3,4)5)58-48(52)38-36-34-32-30-28-26-23-21-19-17-15-13-11-9-7-2/h8,10,14-17,20-23,25,27,31,33,35,37,45-46,50H,6-7,9,11-13,18-19,24,26,28-30,32,34,36,38-44H2,1-5H3/p+1/b10-8-,16-14-,17-15-,22-20-,23-21-,27-25-,33-31-,37-35-/t45?,46-/m1/s1. The van der Waals surface area contributed by atoms with Gasteiger partial charge in [-0.3, -0.25) is 18.6 Å². The summed E-state index contributed by atoms with van der Waals surface area (Å²) >= 11 is 0. The molecule has 0 fully saturated rings. The van der Waals surface area contributed by atoms with Gasteiger partial charge in [-0.1, -0.05) is 143 Å². The lowest BCUT2D eigenvalue weighted by Gasteiger charge is -2.24. The fourth-order valence-corrected chi connectivity index (χ4v) is 5.95. The van der Waals surface area contributed by atoms with Crippen LogP contribution in [0.2, 0.25) is 0 Å². The summed E-state index contributed by atoms with van der Waals surface area (Å²) in [6.45, 7) is 3.96. The van der Waals surface area contributed by atoms with Crippen LogP contribution in [0.15, 0.2) is 97.2 Å². The van der Waals surface area contributed by atoms with Crippen molar-refractivity contribution in [2.24, 2.45) is 0 Å². The third-order valence-electron chi connectivity index (χ3n) is 8.72. The molecule has 0 rings (SSSR count). The van der Waals surface area contributed by atoms with Crippen molar-refractivity contribution in [2.75, 3.05) is 47.5 Å². The number of ether oxygens (including phenoxy) is 2. The van der Waals surface area contributed by atoms with Crippen LogP contribution in [-0.4, -0.2) is 86.1 Å². The van der Waals surface area contributed by atoms with Crippen molar-refractivity contribution in [2.45, 2.75) is 148 Å². The number of hydrogen-bond acceptors (Lipinski definition) is 8. The van der Waals surface area contributed by atoms with Gasteiger partial charge in [0.1, 0.15) is 19.8 Å². The lowest BCUT2D eigenvalue weighted by molar-refractivity contribution is -0.870. The molecule has 0 aliphatic heterocycles. The van der Waals surface area contributed by atoms with Gasteiger partial charge in [0.15, 0.2) is 6.10 Å². The summed E-state index contributed by atoms with van der Waals surface area (Å²) in [5, 5.41) is 10.3. The van der Waals surface area contributed by atoms with E-state index in [1.165, 1.54) is 19.3 Å². The second kappa shape index (κ2) is 39.1. The van der Waals surface area contributed by atoms with E-state index in [2.05, 4.69) is 86.8 Å². The van der Waals surface area contributed by atoms with E-state index >= 15 is 0 Å². The summed E-state index contributed by atoms with van der Waals surface area (Å²) in [5.74, 6) is -1.11. The lowest BCUT2D eigenvalue weighted by atomic mass is 10.1. The summed E-state index contributed by atoms with van der Waals surface area (Å²) in [7, 11) is 1.33. The van der Waals surface area contributed by atoms with Gasteiger partial charge in [-0.2, -0.15) is 0 Å². The fraction of sp³-hybridized carbons (Fsp3) is 0.625. The number of aliphatic hydroxyl groups excluding tert-OH is 1. The third kappa shape index (κ3) is 42.8. The Hall–Kier alpha value is -3.11. The summed E-state index contributed by atoms with van der Waals surface area (Å²) in [5.41, 5.74) is 0. The first-order valence-corrected chi connectivity index (χ1v) is 23.6. The molecule has 0 spiro atoms. The number of rotatable bonds is 38. The molecule has 11 heteroatoms. The zero-order valence-corrected chi connectivity index (χ0v) is 38.2. The Labute approximate surface area is 358 Å². The number of phosphoric acid groups is 1. The first-order valence-electron chi connectivity index (χ1n) is 22.1. The van der Waals surface area contributed by atoms with Gasteiger partial charge >= 0.3 is 19.8 Å². The highest BCUT2D eigenvalue weighted by molar-refractivity contribution is 7.47. The summed E-state index contributed by atoms with van der Waals surface area (Å²) < 4.78 is 34.1. The molecule has 0 amide bonds. The monoisotopic (exact) mass is 847 g/mol. The minimum atomic E-state index is -4.44. The van der Waals surface area contributed by atoms with E-state index in [1.54, 1.807) is 12.2 Å². The van der Waals surface area contributed by atoms with E-state index in [4.69, 9.17) is 18.5 Å². The predicted molar refractivity (Wildman–Crippen MR) is 244 cm³/mol. The van der Waals surface area contributed by atoms with Crippen LogP contribution in [-0.2, 0) is 32.7 Å². The number of quaternary nitrogens is 1. The Morgan fingerprint density at radius 3 is 1.76 bits per heavy atom. The molecular formula is C48H81NO9P+. The smallest absolute Gasteiger partial charge is 0.462 e. The molecule has 3 atom stereocenters. The Balaban J connectivity index is 4.63. The van der Waals surface area contributed by atoms with Gasteiger partial charge in [0.25, 0.3) is 0 Å². The first-order chi connectivity index (χ1) is 28.4. The Bertz CT molecular complexity index is 1340. The second-order valence-electron chi connectivity index (χ2n) is 15.5. The third-order valence-corrected chi connectivity index (χ3v) is 9.70. The fourth-order valence-electron chi connectivity index (χ4n) is 5.21. The summed E-state index contributed by atoms with van der Waals surface area (Å²) in [6, 6.07) is 0. The van der Waals surface area contributed by atoms with Crippen molar-refractivity contribution in [3.05, 3.63) is 97.2 Å². The molecule has 10 nitrogen and oxygen atoms in total. The molecule has 0 aromatic heterocycles. The van der Waals surface area contributed by atoms with Crippen molar-refractivity contribution in [3.63, 3.8) is 0 Å². The van der Waals surface area contributed by atoms with Gasteiger partial charge in [-0.25, -0.2) is 4.57 Å². The number of likely N-dealkylation sites (N-methyl/N-ethyl adjacent to an activating group) is 1.